The van der Waals surface area contributed by atoms with E-state index in [0.29, 0.717) is 19.0 Å². The maximum Gasteiger partial charge on any atom is 0.333 e. The van der Waals surface area contributed by atoms with E-state index >= 15 is 0 Å². The van der Waals surface area contributed by atoms with Crippen LogP contribution in [0.15, 0.2) is 0 Å². The fraction of sp³-hybridized carbons (Fsp3) is 0.875. The Labute approximate surface area is 82.6 Å². The number of carboxylic acid groups (broad SMARTS) is 1. The summed E-state index contributed by atoms with van der Waals surface area (Å²) < 4.78 is 9.86. The van der Waals surface area contributed by atoms with E-state index in [0.717, 1.165) is 5.75 Å². The van der Waals surface area contributed by atoms with E-state index in [9.17, 15) is 4.79 Å². The normalized spacial score (nSPS) is 12.8. The molecule has 0 amide bonds. The number of carboxylic acids is 1. The van der Waals surface area contributed by atoms with Gasteiger partial charge in [0.25, 0.3) is 0 Å². The predicted octanol–water partition coefficient (Wildman–Crippen LogP) is 0.856. The summed E-state index contributed by atoms with van der Waals surface area (Å²) in [4.78, 5) is 10.6. The molecule has 1 atom stereocenters. The highest BCUT2D eigenvalue weighted by Crippen LogP contribution is 2.06. The van der Waals surface area contributed by atoms with Crippen LogP contribution in [0.25, 0.3) is 0 Å². The minimum atomic E-state index is -0.897. The molecule has 0 saturated carbocycles. The van der Waals surface area contributed by atoms with Crippen molar-refractivity contribution in [2.45, 2.75) is 13.0 Å². The molecular weight excluding hydrogens is 192 g/mol. The number of carbonyl (C=O) groups is 1. The molecule has 0 aromatic rings. The van der Waals surface area contributed by atoms with Crippen LogP contribution in [0, 0.1) is 0 Å². The third kappa shape index (κ3) is 6.86. The Kier molecular flexibility index (Phi) is 8.18. The highest BCUT2D eigenvalue weighted by Gasteiger charge is 2.16. The molecule has 0 aromatic carbocycles. The van der Waals surface area contributed by atoms with Gasteiger partial charge in [-0.05, 0) is 6.92 Å². The van der Waals surface area contributed by atoms with Gasteiger partial charge in [0.05, 0.1) is 6.61 Å². The zero-order chi connectivity index (χ0) is 10.1. The van der Waals surface area contributed by atoms with Gasteiger partial charge in [0, 0.05) is 25.2 Å². The van der Waals surface area contributed by atoms with Gasteiger partial charge in [-0.3, -0.25) is 0 Å². The summed E-state index contributed by atoms with van der Waals surface area (Å²) in [6, 6.07) is 0. The molecule has 0 fully saturated rings. The SMILES string of the molecule is CCOC(CSCCOC)C(=O)O. The summed E-state index contributed by atoms with van der Waals surface area (Å²) in [5.74, 6) is 0.381. The van der Waals surface area contributed by atoms with Crippen molar-refractivity contribution in [1.29, 1.82) is 0 Å². The van der Waals surface area contributed by atoms with Crippen molar-refractivity contribution in [3.63, 3.8) is 0 Å². The van der Waals surface area contributed by atoms with Crippen LogP contribution in [-0.4, -0.2) is 49.0 Å². The summed E-state index contributed by atoms with van der Waals surface area (Å²) in [7, 11) is 1.62. The van der Waals surface area contributed by atoms with Crippen molar-refractivity contribution >= 4 is 17.7 Å². The van der Waals surface area contributed by atoms with Gasteiger partial charge in [0.15, 0.2) is 6.10 Å². The maximum absolute atomic E-state index is 10.6. The van der Waals surface area contributed by atoms with E-state index in [2.05, 4.69) is 0 Å². The zero-order valence-electron chi connectivity index (χ0n) is 7.99. The molecule has 4 nitrogen and oxygen atoms in total. The number of ether oxygens (including phenoxy) is 2. The van der Waals surface area contributed by atoms with Crippen LogP contribution < -0.4 is 0 Å². The van der Waals surface area contributed by atoms with Crippen LogP contribution in [0.1, 0.15) is 6.92 Å². The van der Waals surface area contributed by atoms with Crippen molar-refractivity contribution in [3.8, 4) is 0 Å². The van der Waals surface area contributed by atoms with E-state index < -0.39 is 12.1 Å². The van der Waals surface area contributed by atoms with Crippen LogP contribution in [0.5, 0.6) is 0 Å². The van der Waals surface area contributed by atoms with Gasteiger partial charge in [-0.25, -0.2) is 4.79 Å². The van der Waals surface area contributed by atoms with Crippen LogP contribution in [0.3, 0.4) is 0 Å². The van der Waals surface area contributed by atoms with Crippen molar-refractivity contribution in [3.05, 3.63) is 0 Å². The quantitative estimate of drug-likeness (QED) is 0.599. The van der Waals surface area contributed by atoms with E-state index in [1.807, 2.05) is 0 Å². The number of hydrogen-bond donors (Lipinski definition) is 1. The molecule has 0 aliphatic rings. The second-order valence-corrected chi connectivity index (χ2v) is 3.50. The highest BCUT2D eigenvalue weighted by molar-refractivity contribution is 7.99. The van der Waals surface area contributed by atoms with Gasteiger partial charge in [0.2, 0.25) is 0 Å². The molecule has 0 heterocycles. The Morgan fingerprint density at radius 3 is 2.77 bits per heavy atom. The molecular formula is C8H16O4S. The van der Waals surface area contributed by atoms with Gasteiger partial charge >= 0.3 is 5.97 Å². The number of rotatable bonds is 8. The summed E-state index contributed by atoms with van der Waals surface area (Å²) in [6.07, 6.45) is -0.688. The molecule has 1 N–H and O–H groups in total. The highest BCUT2D eigenvalue weighted by atomic mass is 32.2. The molecule has 1 unspecified atom stereocenters. The lowest BCUT2D eigenvalue weighted by Crippen LogP contribution is -2.26. The molecule has 0 bridgehead atoms. The van der Waals surface area contributed by atoms with E-state index in [-0.39, 0.29) is 0 Å². The molecule has 0 aliphatic heterocycles. The molecule has 0 rings (SSSR count). The number of thioether (sulfide) groups is 1. The average molecular weight is 208 g/mol. The van der Waals surface area contributed by atoms with Gasteiger partial charge in [0.1, 0.15) is 0 Å². The van der Waals surface area contributed by atoms with Gasteiger partial charge in [-0.15, -0.1) is 0 Å². The second kappa shape index (κ2) is 8.34. The van der Waals surface area contributed by atoms with Crippen LogP contribution in [0.2, 0.25) is 0 Å². The zero-order valence-corrected chi connectivity index (χ0v) is 8.80. The fourth-order valence-corrected chi connectivity index (χ4v) is 1.63. The molecule has 5 heteroatoms. The number of hydrogen-bond acceptors (Lipinski definition) is 4. The summed E-state index contributed by atoms with van der Waals surface area (Å²) in [5, 5.41) is 8.69. The first-order valence-corrected chi connectivity index (χ1v) is 5.29. The molecule has 78 valence electrons. The first kappa shape index (κ1) is 12.7. The Hall–Kier alpha value is -0.260. The standard InChI is InChI=1S/C8H16O4S/c1-3-12-7(8(9)10)6-13-5-4-11-2/h7H,3-6H2,1-2H3,(H,9,10). The van der Waals surface area contributed by atoms with Gasteiger partial charge < -0.3 is 14.6 Å². The summed E-state index contributed by atoms with van der Waals surface area (Å²) in [5.41, 5.74) is 0. The van der Waals surface area contributed by atoms with E-state index in [4.69, 9.17) is 14.6 Å². The topological polar surface area (TPSA) is 55.8 Å². The van der Waals surface area contributed by atoms with Gasteiger partial charge in [-0.2, -0.15) is 11.8 Å². The molecule has 13 heavy (non-hydrogen) atoms. The molecule has 0 spiro atoms. The number of methoxy groups -OCH3 is 1. The molecule has 0 aliphatic carbocycles. The van der Waals surface area contributed by atoms with Crippen LogP contribution in [0.4, 0.5) is 0 Å². The fourth-order valence-electron chi connectivity index (χ4n) is 0.725. The molecule has 0 aromatic heterocycles. The third-order valence-electron chi connectivity index (χ3n) is 1.34. The van der Waals surface area contributed by atoms with Crippen molar-refractivity contribution < 1.29 is 19.4 Å². The van der Waals surface area contributed by atoms with Crippen molar-refractivity contribution in [2.24, 2.45) is 0 Å². The largest absolute Gasteiger partial charge is 0.479 e. The van der Waals surface area contributed by atoms with Crippen LogP contribution >= 0.6 is 11.8 Å². The molecule has 0 radical (unpaired) electrons. The van der Waals surface area contributed by atoms with Crippen LogP contribution in [-0.2, 0) is 14.3 Å². The smallest absolute Gasteiger partial charge is 0.333 e. The lowest BCUT2D eigenvalue weighted by atomic mass is 10.4. The average Bonchev–Trinajstić information content (AvgIpc) is 2.10. The minimum Gasteiger partial charge on any atom is -0.479 e. The predicted molar refractivity (Wildman–Crippen MR) is 52.3 cm³/mol. The van der Waals surface area contributed by atoms with Gasteiger partial charge in [-0.1, -0.05) is 0 Å². The summed E-state index contributed by atoms with van der Waals surface area (Å²) >= 11 is 1.52. The lowest BCUT2D eigenvalue weighted by Gasteiger charge is -2.11. The maximum atomic E-state index is 10.6. The molecule has 0 saturated heterocycles. The Bertz CT molecular complexity index is 140. The first-order valence-electron chi connectivity index (χ1n) is 4.13. The first-order chi connectivity index (χ1) is 6.22. The second-order valence-electron chi connectivity index (χ2n) is 2.35. The third-order valence-corrected chi connectivity index (χ3v) is 2.34. The van der Waals surface area contributed by atoms with Crippen molar-refractivity contribution in [2.75, 3.05) is 31.8 Å². The number of aliphatic carboxylic acids is 1. The van der Waals surface area contributed by atoms with Crippen molar-refractivity contribution in [1.82, 2.24) is 0 Å². The Morgan fingerprint density at radius 1 is 1.62 bits per heavy atom. The summed E-state index contributed by atoms with van der Waals surface area (Å²) in [6.45, 7) is 2.86. The Morgan fingerprint density at radius 2 is 2.31 bits per heavy atom. The monoisotopic (exact) mass is 208 g/mol. The minimum absolute atomic E-state index is 0.432. The Balaban J connectivity index is 3.51. The lowest BCUT2D eigenvalue weighted by molar-refractivity contribution is -0.148. The van der Waals surface area contributed by atoms with E-state index in [1.165, 1.54) is 11.8 Å². The van der Waals surface area contributed by atoms with E-state index in [1.54, 1.807) is 14.0 Å².